The number of benzene rings is 2. The average molecular weight is 486 g/mol. The number of morpholine rings is 1. The zero-order chi connectivity index (χ0) is 24.3. The van der Waals surface area contributed by atoms with Gasteiger partial charge in [-0.05, 0) is 23.8 Å². The number of rotatable bonds is 8. The maximum atomic E-state index is 13.0. The molecule has 1 atom stereocenters. The third-order valence-electron chi connectivity index (χ3n) is 5.85. The molecule has 0 spiro atoms. The van der Waals surface area contributed by atoms with E-state index in [4.69, 9.17) is 10.5 Å². The van der Waals surface area contributed by atoms with Crippen LogP contribution in [-0.4, -0.2) is 60.4 Å². The van der Waals surface area contributed by atoms with Crippen LogP contribution in [0.2, 0.25) is 0 Å². The molecule has 3 aromatic rings. The molecule has 1 aliphatic rings. The molecule has 0 radical (unpaired) electrons. The van der Waals surface area contributed by atoms with Gasteiger partial charge in [0, 0.05) is 33.0 Å². The molecule has 2 heterocycles. The third-order valence-corrected chi connectivity index (χ3v) is 7.75. The monoisotopic (exact) mass is 485 g/mol. The Balaban J connectivity index is 1.47. The lowest BCUT2D eigenvalue weighted by Crippen LogP contribution is -2.40. The first-order chi connectivity index (χ1) is 16.3. The molecule has 34 heavy (non-hydrogen) atoms. The molecular formula is C23H27N5O5S. The summed E-state index contributed by atoms with van der Waals surface area (Å²) in [5.74, 6) is -0.354. The van der Waals surface area contributed by atoms with Gasteiger partial charge in [-0.2, -0.15) is 4.31 Å². The van der Waals surface area contributed by atoms with Gasteiger partial charge in [0.1, 0.15) is 11.9 Å². The van der Waals surface area contributed by atoms with E-state index in [0.29, 0.717) is 49.6 Å². The standard InChI is InChI=1S/C23H27N5O5S/c1-27-19-8-7-17(34(31,32)28-11-13-33-14-12-28)15-18(19)25-20(27)9-10-21(29)26-22(23(24)30)16-5-3-2-4-6-16/h2-8,15,22H,9-14H2,1H3,(H2,24,30)(H,26,29). The van der Waals surface area contributed by atoms with Crippen LogP contribution in [0.15, 0.2) is 53.4 Å². The van der Waals surface area contributed by atoms with Crippen molar-refractivity contribution in [2.24, 2.45) is 12.8 Å². The first-order valence-corrected chi connectivity index (χ1v) is 12.4. The second-order valence-corrected chi connectivity index (χ2v) is 10.0. The molecule has 4 rings (SSSR count). The van der Waals surface area contributed by atoms with Crippen LogP contribution in [0, 0.1) is 0 Å². The van der Waals surface area contributed by atoms with Crippen molar-refractivity contribution in [1.29, 1.82) is 0 Å². The van der Waals surface area contributed by atoms with Gasteiger partial charge < -0.3 is 20.4 Å². The summed E-state index contributed by atoms with van der Waals surface area (Å²) in [6, 6.07) is 12.7. The van der Waals surface area contributed by atoms with Crippen molar-refractivity contribution in [2.75, 3.05) is 26.3 Å². The number of aromatic nitrogens is 2. The van der Waals surface area contributed by atoms with Gasteiger partial charge in [0.2, 0.25) is 21.8 Å². The van der Waals surface area contributed by atoms with E-state index in [0.717, 1.165) is 5.52 Å². The van der Waals surface area contributed by atoms with Crippen LogP contribution < -0.4 is 11.1 Å². The number of fused-ring (bicyclic) bond motifs is 1. The highest BCUT2D eigenvalue weighted by Crippen LogP contribution is 2.23. The van der Waals surface area contributed by atoms with Crippen molar-refractivity contribution in [2.45, 2.75) is 23.8 Å². The van der Waals surface area contributed by atoms with Gasteiger partial charge in [0.25, 0.3) is 0 Å². The highest BCUT2D eigenvalue weighted by atomic mass is 32.2. The number of hydrogen-bond acceptors (Lipinski definition) is 6. The molecule has 2 aromatic carbocycles. The van der Waals surface area contributed by atoms with Gasteiger partial charge in [0.15, 0.2) is 0 Å². The zero-order valence-electron chi connectivity index (χ0n) is 18.8. The number of hydrogen-bond donors (Lipinski definition) is 2. The molecule has 1 aliphatic heterocycles. The Morgan fingerprint density at radius 1 is 1.15 bits per heavy atom. The van der Waals surface area contributed by atoms with Crippen molar-refractivity contribution in [3.05, 3.63) is 59.9 Å². The van der Waals surface area contributed by atoms with Crippen LogP contribution in [0.4, 0.5) is 0 Å². The highest BCUT2D eigenvalue weighted by molar-refractivity contribution is 7.89. The molecule has 3 N–H and O–H groups in total. The summed E-state index contributed by atoms with van der Waals surface area (Å²) in [5.41, 5.74) is 7.38. The first-order valence-electron chi connectivity index (χ1n) is 10.9. The van der Waals surface area contributed by atoms with Gasteiger partial charge in [-0.1, -0.05) is 30.3 Å². The molecular weight excluding hydrogens is 458 g/mol. The van der Waals surface area contributed by atoms with E-state index in [9.17, 15) is 18.0 Å². The number of ether oxygens (including phenoxy) is 1. The Hall–Kier alpha value is -3.28. The van der Waals surface area contributed by atoms with Crippen LogP contribution in [0.3, 0.4) is 0 Å². The van der Waals surface area contributed by atoms with Gasteiger partial charge in [-0.3, -0.25) is 9.59 Å². The molecule has 0 bridgehead atoms. The SMILES string of the molecule is Cn1c(CCC(=O)NC(C(N)=O)c2ccccc2)nc2cc(S(=O)(=O)N3CCOCC3)ccc21. The molecule has 1 saturated heterocycles. The van der Waals surface area contributed by atoms with Crippen LogP contribution in [0.25, 0.3) is 11.0 Å². The number of nitrogens with zero attached hydrogens (tertiary/aromatic N) is 3. The number of sulfonamides is 1. The minimum absolute atomic E-state index is 0.0900. The number of primary amides is 1. The molecule has 1 fully saturated rings. The molecule has 1 unspecified atom stereocenters. The first kappa shape index (κ1) is 23.9. The molecule has 11 heteroatoms. The number of nitrogens with two attached hydrogens (primary N) is 1. The fourth-order valence-electron chi connectivity index (χ4n) is 3.97. The normalized spacial score (nSPS) is 15.8. The Labute approximate surface area is 197 Å². The molecule has 180 valence electrons. The zero-order valence-corrected chi connectivity index (χ0v) is 19.6. The number of imidazole rings is 1. The van der Waals surface area contributed by atoms with Crippen molar-refractivity contribution >= 4 is 32.9 Å². The topological polar surface area (TPSA) is 137 Å². The lowest BCUT2D eigenvalue weighted by atomic mass is 10.1. The summed E-state index contributed by atoms with van der Waals surface area (Å²) >= 11 is 0. The maximum absolute atomic E-state index is 13.0. The quantitative estimate of drug-likeness (QED) is 0.486. The highest BCUT2D eigenvalue weighted by Gasteiger charge is 2.27. The molecule has 2 amide bonds. The van der Waals surface area contributed by atoms with E-state index in [2.05, 4.69) is 10.3 Å². The molecule has 0 aliphatic carbocycles. The summed E-state index contributed by atoms with van der Waals surface area (Å²) in [7, 11) is -1.82. The Kier molecular flexibility index (Phi) is 6.96. The van der Waals surface area contributed by atoms with Gasteiger partial charge >= 0.3 is 0 Å². The number of carbonyl (C=O) groups is 2. The number of amides is 2. The van der Waals surface area contributed by atoms with E-state index in [1.807, 2.05) is 17.7 Å². The largest absolute Gasteiger partial charge is 0.379 e. The van der Waals surface area contributed by atoms with E-state index >= 15 is 0 Å². The van der Waals surface area contributed by atoms with E-state index in [1.165, 1.54) is 4.31 Å². The number of aryl methyl sites for hydroxylation is 2. The summed E-state index contributed by atoms with van der Waals surface area (Å²) in [4.78, 5) is 29.1. The van der Waals surface area contributed by atoms with E-state index in [1.54, 1.807) is 42.5 Å². The minimum Gasteiger partial charge on any atom is -0.379 e. The Morgan fingerprint density at radius 2 is 1.85 bits per heavy atom. The van der Waals surface area contributed by atoms with Crippen molar-refractivity contribution in [3.8, 4) is 0 Å². The van der Waals surface area contributed by atoms with Crippen LogP contribution in [0.1, 0.15) is 23.9 Å². The van der Waals surface area contributed by atoms with Crippen molar-refractivity contribution in [1.82, 2.24) is 19.2 Å². The lowest BCUT2D eigenvalue weighted by molar-refractivity contribution is -0.127. The van der Waals surface area contributed by atoms with Gasteiger partial charge in [0.05, 0.1) is 29.1 Å². The fraction of sp³-hybridized carbons (Fsp3) is 0.348. The average Bonchev–Trinajstić information content (AvgIpc) is 3.17. The molecule has 1 aromatic heterocycles. The van der Waals surface area contributed by atoms with Crippen molar-refractivity contribution in [3.63, 3.8) is 0 Å². The van der Waals surface area contributed by atoms with E-state index in [-0.39, 0.29) is 17.2 Å². The summed E-state index contributed by atoms with van der Waals surface area (Å²) in [6.07, 6.45) is 0.398. The molecule has 0 saturated carbocycles. The smallest absolute Gasteiger partial charge is 0.244 e. The second-order valence-electron chi connectivity index (χ2n) is 8.07. The third kappa shape index (κ3) is 4.96. The van der Waals surface area contributed by atoms with Crippen LogP contribution >= 0.6 is 0 Å². The summed E-state index contributed by atoms with van der Waals surface area (Å²) < 4.78 is 34.4. The van der Waals surface area contributed by atoms with Crippen LogP contribution in [-0.2, 0) is 37.8 Å². The Bertz CT molecular complexity index is 1300. The summed E-state index contributed by atoms with van der Waals surface area (Å²) in [5, 5.41) is 2.68. The second kappa shape index (κ2) is 9.92. The molecule has 10 nitrogen and oxygen atoms in total. The Morgan fingerprint density at radius 3 is 2.53 bits per heavy atom. The lowest BCUT2D eigenvalue weighted by Gasteiger charge is -2.26. The van der Waals surface area contributed by atoms with Crippen LogP contribution in [0.5, 0.6) is 0 Å². The fourth-order valence-corrected chi connectivity index (χ4v) is 5.40. The summed E-state index contributed by atoms with van der Waals surface area (Å²) in [6.45, 7) is 1.38. The minimum atomic E-state index is -3.63. The van der Waals surface area contributed by atoms with Crippen molar-refractivity contribution < 1.29 is 22.7 Å². The predicted octanol–water partition coefficient (Wildman–Crippen LogP) is 0.870. The maximum Gasteiger partial charge on any atom is 0.244 e. The van der Waals surface area contributed by atoms with Gasteiger partial charge in [-0.15, -0.1) is 0 Å². The number of nitrogens with one attached hydrogen (secondary N) is 1. The predicted molar refractivity (Wildman–Crippen MR) is 125 cm³/mol. The van der Waals surface area contributed by atoms with E-state index < -0.39 is 22.0 Å². The number of carbonyl (C=O) groups excluding carboxylic acids is 2. The van der Waals surface area contributed by atoms with Gasteiger partial charge in [-0.25, -0.2) is 13.4 Å².